The molecule has 1 amide bonds. The summed E-state index contributed by atoms with van der Waals surface area (Å²) in [6, 6.07) is 5.86. The average molecular weight is 408 g/mol. The molecule has 0 saturated heterocycles. The topological polar surface area (TPSA) is 55.1 Å². The van der Waals surface area contributed by atoms with Crippen LogP contribution in [0.15, 0.2) is 22.7 Å². The Labute approximate surface area is 150 Å². The van der Waals surface area contributed by atoms with E-state index in [4.69, 9.17) is 17.3 Å². The fourth-order valence-electron chi connectivity index (χ4n) is 3.93. The van der Waals surface area contributed by atoms with Crippen molar-refractivity contribution >= 4 is 45.8 Å². The highest BCUT2D eigenvalue weighted by atomic mass is 79.9. The summed E-state index contributed by atoms with van der Waals surface area (Å²) in [6.45, 7) is 0. The van der Waals surface area contributed by atoms with Gasteiger partial charge >= 0.3 is 0 Å². The Kier molecular flexibility index (Phi) is 6.17. The summed E-state index contributed by atoms with van der Waals surface area (Å²) in [5.74, 6) is 1.01. The molecule has 2 fully saturated rings. The van der Waals surface area contributed by atoms with Crippen LogP contribution in [0.1, 0.15) is 42.5 Å². The number of hydrogen-bond donors (Lipinski definition) is 2. The largest absolute Gasteiger partial charge is 0.349 e. The summed E-state index contributed by atoms with van der Waals surface area (Å²) in [7, 11) is 0. The van der Waals surface area contributed by atoms with E-state index in [0.717, 1.165) is 17.3 Å². The monoisotopic (exact) mass is 406 g/mol. The third-order valence-electron chi connectivity index (χ3n) is 4.85. The number of benzene rings is 1. The predicted octanol–water partition coefficient (Wildman–Crippen LogP) is 4.16. The molecule has 2 unspecified atom stereocenters. The van der Waals surface area contributed by atoms with E-state index in [9.17, 15) is 4.79 Å². The van der Waals surface area contributed by atoms with E-state index in [2.05, 4.69) is 21.2 Å². The minimum atomic E-state index is -0.0400. The molecule has 3 N–H and O–H groups in total. The molecule has 122 valence electrons. The summed E-state index contributed by atoms with van der Waals surface area (Å²) in [4.78, 5) is 12.6. The van der Waals surface area contributed by atoms with Crippen molar-refractivity contribution in [3.8, 4) is 0 Å². The standard InChI is InChI=1S/C16H20BrClN2O.ClH/c17-14-5-4-11(18)8-13(14)16(21)20-15-9-2-1-3-10(15)7-12(19)6-9;/h4-5,8-10,12,15H,1-3,6-7,19H2,(H,20,21);1H. The maximum absolute atomic E-state index is 12.6. The summed E-state index contributed by atoms with van der Waals surface area (Å²) >= 11 is 9.43. The number of rotatable bonds is 2. The second-order valence-corrected chi connectivity index (χ2v) is 7.60. The summed E-state index contributed by atoms with van der Waals surface area (Å²) < 4.78 is 0.780. The highest BCUT2D eigenvalue weighted by Gasteiger charge is 2.40. The van der Waals surface area contributed by atoms with Gasteiger partial charge in [0.15, 0.2) is 0 Å². The molecule has 0 radical (unpaired) electrons. The minimum absolute atomic E-state index is 0. The van der Waals surface area contributed by atoms with Gasteiger partial charge in [-0.15, -0.1) is 12.4 Å². The van der Waals surface area contributed by atoms with E-state index < -0.39 is 0 Å². The van der Waals surface area contributed by atoms with Crippen molar-refractivity contribution in [1.82, 2.24) is 5.32 Å². The van der Waals surface area contributed by atoms with E-state index in [1.54, 1.807) is 12.1 Å². The molecular weight excluding hydrogens is 387 g/mol. The first-order valence-electron chi connectivity index (χ1n) is 7.56. The van der Waals surface area contributed by atoms with Crippen molar-refractivity contribution in [2.24, 2.45) is 17.6 Å². The van der Waals surface area contributed by atoms with Gasteiger partial charge in [-0.1, -0.05) is 18.0 Å². The molecule has 0 heterocycles. The zero-order valence-corrected chi connectivity index (χ0v) is 15.4. The van der Waals surface area contributed by atoms with Crippen molar-refractivity contribution in [3.05, 3.63) is 33.3 Å². The Bertz CT molecular complexity index is 541. The Morgan fingerprint density at radius 3 is 2.55 bits per heavy atom. The van der Waals surface area contributed by atoms with Gasteiger partial charge in [0.25, 0.3) is 5.91 Å². The molecule has 0 spiro atoms. The van der Waals surface area contributed by atoms with Gasteiger partial charge in [-0.05, 0) is 71.6 Å². The Morgan fingerprint density at radius 2 is 1.91 bits per heavy atom. The molecule has 3 rings (SSSR count). The van der Waals surface area contributed by atoms with Crippen LogP contribution in [0, 0.1) is 11.8 Å². The van der Waals surface area contributed by atoms with Crippen LogP contribution < -0.4 is 11.1 Å². The van der Waals surface area contributed by atoms with Crippen LogP contribution in [0.3, 0.4) is 0 Å². The average Bonchev–Trinajstić information content (AvgIpc) is 2.42. The van der Waals surface area contributed by atoms with Gasteiger partial charge in [-0.25, -0.2) is 0 Å². The lowest BCUT2D eigenvalue weighted by molar-refractivity contribution is 0.0755. The van der Waals surface area contributed by atoms with Gasteiger partial charge in [0.2, 0.25) is 0 Å². The summed E-state index contributed by atoms with van der Waals surface area (Å²) in [6.07, 6.45) is 5.66. The van der Waals surface area contributed by atoms with Gasteiger partial charge in [0.1, 0.15) is 0 Å². The van der Waals surface area contributed by atoms with Crippen molar-refractivity contribution in [1.29, 1.82) is 0 Å². The lowest BCUT2D eigenvalue weighted by Gasteiger charge is -2.45. The second kappa shape index (κ2) is 7.52. The highest BCUT2D eigenvalue weighted by Crippen LogP contribution is 2.39. The van der Waals surface area contributed by atoms with E-state index in [1.165, 1.54) is 19.3 Å². The number of carbonyl (C=O) groups excluding carboxylic acids is 1. The molecule has 2 saturated carbocycles. The highest BCUT2D eigenvalue weighted by molar-refractivity contribution is 9.10. The van der Waals surface area contributed by atoms with Gasteiger partial charge in [0.05, 0.1) is 5.56 Å². The maximum Gasteiger partial charge on any atom is 0.252 e. The number of fused-ring (bicyclic) bond motifs is 2. The van der Waals surface area contributed by atoms with Crippen LogP contribution in [0.2, 0.25) is 5.02 Å². The quantitative estimate of drug-likeness (QED) is 0.773. The fraction of sp³-hybridized carbons (Fsp3) is 0.562. The third-order valence-corrected chi connectivity index (χ3v) is 5.77. The van der Waals surface area contributed by atoms with E-state index in [0.29, 0.717) is 28.5 Å². The van der Waals surface area contributed by atoms with Gasteiger partial charge in [0, 0.05) is 21.6 Å². The van der Waals surface area contributed by atoms with Gasteiger partial charge < -0.3 is 11.1 Å². The molecule has 3 nitrogen and oxygen atoms in total. The Hall–Kier alpha value is -0.290. The lowest BCUT2D eigenvalue weighted by atomic mass is 9.67. The Balaban J connectivity index is 0.00000176. The summed E-state index contributed by atoms with van der Waals surface area (Å²) in [5.41, 5.74) is 6.74. The lowest BCUT2D eigenvalue weighted by Crippen LogP contribution is -2.53. The van der Waals surface area contributed by atoms with Crippen LogP contribution in [-0.4, -0.2) is 18.0 Å². The number of halogens is 3. The van der Waals surface area contributed by atoms with Crippen LogP contribution >= 0.6 is 39.9 Å². The van der Waals surface area contributed by atoms with E-state index >= 15 is 0 Å². The zero-order valence-electron chi connectivity index (χ0n) is 12.2. The minimum Gasteiger partial charge on any atom is -0.349 e. The number of hydrogen-bond acceptors (Lipinski definition) is 2. The predicted molar refractivity (Wildman–Crippen MR) is 95.7 cm³/mol. The zero-order chi connectivity index (χ0) is 15.0. The molecule has 0 aromatic heterocycles. The van der Waals surface area contributed by atoms with Crippen LogP contribution in [0.25, 0.3) is 0 Å². The van der Waals surface area contributed by atoms with Crippen molar-refractivity contribution in [2.75, 3.05) is 0 Å². The van der Waals surface area contributed by atoms with Crippen molar-refractivity contribution in [3.63, 3.8) is 0 Å². The molecule has 1 aromatic carbocycles. The van der Waals surface area contributed by atoms with Crippen molar-refractivity contribution in [2.45, 2.75) is 44.2 Å². The van der Waals surface area contributed by atoms with Crippen LogP contribution in [-0.2, 0) is 0 Å². The molecule has 2 atom stereocenters. The molecular formula is C16H21BrCl2N2O. The number of carbonyl (C=O) groups is 1. The first-order chi connectivity index (χ1) is 10.0. The summed E-state index contributed by atoms with van der Waals surface area (Å²) in [5, 5.41) is 3.82. The molecule has 0 aliphatic heterocycles. The SMILES string of the molecule is Cl.NC1CC2CCCC(C1)C2NC(=O)c1cc(Cl)ccc1Br. The Morgan fingerprint density at radius 1 is 1.27 bits per heavy atom. The van der Waals surface area contributed by atoms with Gasteiger partial charge in [-0.3, -0.25) is 4.79 Å². The van der Waals surface area contributed by atoms with E-state index in [1.807, 2.05) is 6.07 Å². The molecule has 2 bridgehead atoms. The molecule has 1 aromatic rings. The van der Waals surface area contributed by atoms with Crippen LogP contribution in [0.5, 0.6) is 0 Å². The number of amides is 1. The molecule has 2 aliphatic carbocycles. The van der Waals surface area contributed by atoms with E-state index in [-0.39, 0.29) is 24.4 Å². The first-order valence-corrected chi connectivity index (χ1v) is 8.73. The third kappa shape index (κ3) is 3.78. The molecule has 2 aliphatic rings. The van der Waals surface area contributed by atoms with Crippen molar-refractivity contribution < 1.29 is 4.79 Å². The van der Waals surface area contributed by atoms with Gasteiger partial charge in [-0.2, -0.15) is 0 Å². The number of nitrogens with two attached hydrogens (primary N) is 1. The molecule has 22 heavy (non-hydrogen) atoms. The maximum atomic E-state index is 12.6. The second-order valence-electron chi connectivity index (χ2n) is 6.31. The first kappa shape index (κ1) is 18.1. The smallest absolute Gasteiger partial charge is 0.252 e. The number of nitrogens with one attached hydrogen (secondary N) is 1. The normalized spacial score (nSPS) is 30.3. The molecule has 6 heteroatoms. The fourth-order valence-corrected chi connectivity index (χ4v) is 4.52. The van der Waals surface area contributed by atoms with Crippen LogP contribution in [0.4, 0.5) is 0 Å².